The molecule has 0 aliphatic heterocycles. The van der Waals surface area contributed by atoms with E-state index in [-0.39, 0.29) is 44.1 Å². The van der Waals surface area contributed by atoms with Crippen LogP contribution in [0.5, 0.6) is 0 Å². The van der Waals surface area contributed by atoms with Crippen molar-refractivity contribution in [1.29, 1.82) is 0 Å². The molecule has 0 aromatic carbocycles. The van der Waals surface area contributed by atoms with Crippen LogP contribution < -0.4 is 0 Å². The average Bonchev–Trinajstić information content (AvgIpc) is 1.77. The van der Waals surface area contributed by atoms with Gasteiger partial charge in [0.1, 0.15) is 0 Å². The van der Waals surface area contributed by atoms with Crippen LogP contribution >= 0.6 is 0 Å². The monoisotopic (exact) mass is 343 g/mol. The summed E-state index contributed by atoms with van der Waals surface area (Å²) in [6.45, 7) is 0. The normalized spacial score (nSPS) is 28.9. The predicted molar refractivity (Wildman–Crippen MR) is 41.9 cm³/mol. The van der Waals surface area contributed by atoms with E-state index >= 15 is 0 Å². The van der Waals surface area contributed by atoms with Gasteiger partial charge in [-0.15, -0.1) is 12.1 Å². The van der Waals surface area contributed by atoms with Crippen molar-refractivity contribution >= 4 is 0 Å². The third-order valence-corrected chi connectivity index (χ3v) is 1.73. The second-order valence-electron chi connectivity index (χ2n) is 2.55. The molecule has 1 rings (SSSR count). The number of rotatable bonds is 0. The second-order valence-corrected chi connectivity index (χ2v) is 2.55. The van der Waals surface area contributed by atoms with Crippen LogP contribution in [0.2, 0.25) is 0 Å². The van der Waals surface area contributed by atoms with Crippen LogP contribution in [0.15, 0.2) is 0 Å². The number of hydrogen-bond donors (Lipinski definition) is 0. The summed E-state index contributed by atoms with van der Waals surface area (Å²) in [5.41, 5.74) is 14.6. The van der Waals surface area contributed by atoms with Gasteiger partial charge in [-0.3, -0.25) is 0 Å². The van der Waals surface area contributed by atoms with Gasteiger partial charge in [0, 0.05) is 0 Å². The number of hydrogen-bond acceptors (Lipinski definition) is 0. The molecular weight excluding hydrogens is 327 g/mol. The molecule has 6 N–H and O–H groups in total. The molecule has 0 heterocycles. The Morgan fingerprint density at radius 2 is 0.909 bits per heavy atom. The SMILES string of the molecule is O.O.[NH-]C1CCC([NH-])CC1.[Pt+2]. The summed E-state index contributed by atoms with van der Waals surface area (Å²) < 4.78 is 0. The molecule has 1 saturated carbocycles. The summed E-state index contributed by atoms with van der Waals surface area (Å²) >= 11 is 0. The smallest absolute Gasteiger partial charge is 0.675 e. The Labute approximate surface area is 81.6 Å². The first-order valence-electron chi connectivity index (χ1n) is 3.21. The molecule has 1 fully saturated rings. The van der Waals surface area contributed by atoms with E-state index < -0.39 is 0 Å². The maximum absolute atomic E-state index is 7.28. The maximum Gasteiger partial charge on any atom is 2.00 e. The predicted octanol–water partition coefficient (Wildman–Crippen LogP) is 0.750. The van der Waals surface area contributed by atoms with Crippen LogP contribution in [0.3, 0.4) is 0 Å². The Morgan fingerprint density at radius 3 is 1.09 bits per heavy atom. The average molecular weight is 343 g/mol. The zero-order chi connectivity index (χ0) is 5.98. The molecule has 11 heavy (non-hydrogen) atoms. The van der Waals surface area contributed by atoms with Crippen LogP contribution in [0.25, 0.3) is 11.5 Å². The zero-order valence-corrected chi connectivity index (χ0v) is 8.57. The van der Waals surface area contributed by atoms with Gasteiger partial charge in [-0.25, -0.2) is 0 Å². The van der Waals surface area contributed by atoms with Crippen LogP contribution in [0.1, 0.15) is 25.7 Å². The van der Waals surface area contributed by atoms with Crippen molar-refractivity contribution in [3.8, 4) is 0 Å². The molecule has 0 spiro atoms. The summed E-state index contributed by atoms with van der Waals surface area (Å²) in [6.07, 6.45) is 3.81. The van der Waals surface area contributed by atoms with Crippen LogP contribution in [0.4, 0.5) is 0 Å². The summed E-state index contributed by atoms with van der Waals surface area (Å²) in [5, 5.41) is 0. The van der Waals surface area contributed by atoms with E-state index in [4.69, 9.17) is 11.5 Å². The summed E-state index contributed by atoms with van der Waals surface area (Å²) in [5.74, 6) is 0. The van der Waals surface area contributed by atoms with Crippen molar-refractivity contribution in [3.63, 3.8) is 0 Å². The van der Waals surface area contributed by atoms with Gasteiger partial charge < -0.3 is 22.4 Å². The van der Waals surface area contributed by atoms with Crippen molar-refractivity contribution in [3.05, 3.63) is 11.5 Å². The molecule has 0 unspecified atom stereocenters. The van der Waals surface area contributed by atoms with Crippen molar-refractivity contribution in [2.75, 3.05) is 0 Å². The van der Waals surface area contributed by atoms with Crippen molar-refractivity contribution in [2.24, 2.45) is 0 Å². The van der Waals surface area contributed by atoms with E-state index in [1.807, 2.05) is 0 Å². The Morgan fingerprint density at radius 1 is 0.727 bits per heavy atom. The van der Waals surface area contributed by atoms with Crippen LogP contribution in [0, 0.1) is 0 Å². The Bertz CT molecular complexity index is 67.0. The minimum atomic E-state index is 0. The second kappa shape index (κ2) is 8.62. The minimum Gasteiger partial charge on any atom is -0.675 e. The summed E-state index contributed by atoms with van der Waals surface area (Å²) in [4.78, 5) is 0. The fourth-order valence-electron chi connectivity index (χ4n) is 1.09. The molecule has 1 aliphatic rings. The first kappa shape index (κ1) is 17.6. The van der Waals surface area contributed by atoms with E-state index in [1.165, 1.54) is 0 Å². The van der Waals surface area contributed by atoms with Gasteiger partial charge >= 0.3 is 21.1 Å². The van der Waals surface area contributed by atoms with Crippen molar-refractivity contribution in [1.82, 2.24) is 0 Å². The van der Waals surface area contributed by atoms with E-state index in [0.717, 1.165) is 25.7 Å². The number of nitrogens with one attached hydrogen (secondary N) is 2. The molecular formula is C6H16N2O2Pt. The molecule has 0 saturated heterocycles. The molecule has 0 atom stereocenters. The minimum absolute atomic E-state index is 0. The van der Waals surface area contributed by atoms with Gasteiger partial charge in [0.2, 0.25) is 0 Å². The molecule has 0 bridgehead atoms. The Balaban J connectivity index is -0.000000213. The van der Waals surface area contributed by atoms with Crippen molar-refractivity contribution < 1.29 is 32.0 Å². The topological polar surface area (TPSA) is 111 Å². The van der Waals surface area contributed by atoms with E-state index in [9.17, 15) is 0 Å². The van der Waals surface area contributed by atoms with Gasteiger partial charge in [0.25, 0.3) is 0 Å². The van der Waals surface area contributed by atoms with Gasteiger partial charge in [0.05, 0.1) is 0 Å². The van der Waals surface area contributed by atoms with Crippen LogP contribution in [-0.4, -0.2) is 23.0 Å². The van der Waals surface area contributed by atoms with Crippen molar-refractivity contribution in [2.45, 2.75) is 37.8 Å². The maximum atomic E-state index is 7.28. The Hall–Kier alpha value is 0.528. The molecule has 0 aromatic rings. The molecule has 0 aromatic heterocycles. The standard InChI is InChI=1S/C6H12N2.2H2O.Pt/c7-5-1-2-6(8)4-3-5;;;/h5-8H,1-4H2;2*1H2;/q-2;;;+2. The third-order valence-electron chi connectivity index (χ3n) is 1.73. The van der Waals surface area contributed by atoms with Gasteiger partial charge in [-0.1, -0.05) is 25.7 Å². The van der Waals surface area contributed by atoms with Gasteiger partial charge in [0.15, 0.2) is 0 Å². The fourth-order valence-corrected chi connectivity index (χ4v) is 1.09. The van der Waals surface area contributed by atoms with E-state index in [0.29, 0.717) is 0 Å². The summed E-state index contributed by atoms with van der Waals surface area (Å²) in [7, 11) is 0. The first-order chi connectivity index (χ1) is 3.79. The molecule has 1 aliphatic carbocycles. The molecule has 0 amide bonds. The molecule has 5 heteroatoms. The first-order valence-corrected chi connectivity index (χ1v) is 3.21. The van der Waals surface area contributed by atoms with Gasteiger partial charge in [-0.2, -0.15) is 0 Å². The van der Waals surface area contributed by atoms with E-state index in [2.05, 4.69) is 0 Å². The van der Waals surface area contributed by atoms with Crippen LogP contribution in [-0.2, 0) is 21.1 Å². The van der Waals surface area contributed by atoms with E-state index in [1.54, 1.807) is 0 Å². The quantitative estimate of drug-likeness (QED) is 0.618. The Kier molecular flexibility index (Phi) is 13.8. The fraction of sp³-hybridized carbons (Fsp3) is 1.00. The largest absolute Gasteiger partial charge is 2.00 e. The third kappa shape index (κ3) is 6.91. The summed E-state index contributed by atoms with van der Waals surface area (Å²) in [6, 6.07) is 0.299. The molecule has 72 valence electrons. The van der Waals surface area contributed by atoms with Gasteiger partial charge in [-0.05, 0) is 0 Å². The molecule has 0 radical (unpaired) electrons. The molecule has 4 nitrogen and oxygen atoms in total. The zero-order valence-electron chi connectivity index (χ0n) is 6.30.